The van der Waals surface area contributed by atoms with Crippen LogP contribution in [0, 0.1) is 0 Å². The molecular formula is C9H14NO4P. The van der Waals surface area contributed by atoms with Crippen molar-refractivity contribution in [1.82, 2.24) is 0 Å². The van der Waals surface area contributed by atoms with Crippen LogP contribution in [0.3, 0.4) is 0 Å². The monoisotopic (exact) mass is 231 g/mol. The van der Waals surface area contributed by atoms with Crippen LogP contribution in [0.15, 0.2) is 30.3 Å². The van der Waals surface area contributed by atoms with E-state index in [1.54, 1.807) is 0 Å². The molecule has 1 unspecified atom stereocenters. The molecule has 0 fully saturated rings. The fourth-order valence-corrected chi connectivity index (χ4v) is 1.64. The molecule has 0 saturated carbocycles. The Morgan fingerprint density at radius 3 is 2.47 bits per heavy atom. The molecular weight excluding hydrogens is 217 g/mol. The Balaban J connectivity index is 2.35. The number of nitrogens with two attached hydrogens (primary N) is 1. The topological polar surface area (TPSA) is 92.8 Å². The zero-order valence-corrected chi connectivity index (χ0v) is 9.01. The van der Waals surface area contributed by atoms with Crippen LogP contribution in [0.4, 0.5) is 0 Å². The number of hydrogen-bond acceptors (Lipinski definition) is 3. The lowest BCUT2D eigenvalue weighted by molar-refractivity contribution is 0.131. The fourth-order valence-electron chi connectivity index (χ4n) is 1.18. The van der Waals surface area contributed by atoms with Crippen molar-refractivity contribution in [2.75, 3.05) is 0 Å². The van der Waals surface area contributed by atoms with Gasteiger partial charge < -0.3 is 15.5 Å². The van der Waals surface area contributed by atoms with Crippen LogP contribution < -0.4 is 5.73 Å². The molecule has 15 heavy (non-hydrogen) atoms. The van der Waals surface area contributed by atoms with Crippen LogP contribution >= 0.6 is 7.82 Å². The van der Waals surface area contributed by atoms with Crippen LogP contribution in [0.5, 0.6) is 0 Å². The molecule has 0 aliphatic carbocycles. The molecule has 1 atom stereocenters. The lowest BCUT2D eigenvalue weighted by Gasteiger charge is -2.12. The molecule has 0 aliphatic heterocycles. The first kappa shape index (κ1) is 12.4. The normalized spacial score (nSPS) is 13.8. The van der Waals surface area contributed by atoms with Crippen LogP contribution in [-0.2, 0) is 15.5 Å². The maximum absolute atomic E-state index is 10.4. The Kier molecular flexibility index (Phi) is 4.45. The Labute approximate surface area is 88.1 Å². The van der Waals surface area contributed by atoms with E-state index in [0.29, 0.717) is 12.8 Å². The summed E-state index contributed by atoms with van der Waals surface area (Å²) in [7, 11) is -4.47. The lowest BCUT2D eigenvalue weighted by atomic mass is 10.1. The van der Waals surface area contributed by atoms with E-state index in [9.17, 15) is 4.57 Å². The van der Waals surface area contributed by atoms with Crippen LogP contribution in [0.1, 0.15) is 12.0 Å². The number of aryl methyl sites for hydroxylation is 1. The standard InChI is InChI=1S/C9H14NO4P/c10-9(14-15(11,12)13)7-6-8-4-2-1-3-5-8/h1-5,9H,6-7,10H2,(H2,11,12,13). The van der Waals surface area contributed by atoms with Gasteiger partial charge in [-0.3, -0.25) is 4.52 Å². The summed E-state index contributed by atoms with van der Waals surface area (Å²) in [6, 6.07) is 9.53. The minimum absolute atomic E-state index is 0.370. The van der Waals surface area contributed by atoms with Gasteiger partial charge in [-0.25, -0.2) is 4.57 Å². The molecule has 1 rings (SSSR count). The molecule has 0 spiro atoms. The second-order valence-corrected chi connectivity index (χ2v) is 4.35. The Morgan fingerprint density at radius 1 is 1.33 bits per heavy atom. The number of hydrogen-bond donors (Lipinski definition) is 3. The van der Waals surface area contributed by atoms with E-state index in [1.165, 1.54) is 0 Å². The van der Waals surface area contributed by atoms with E-state index in [2.05, 4.69) is 4.52 Å². The van der Waals surface area contributed by atoms with Gasteiger partial charge >= 0.3 is 7.82 Å². The molecule has 4 N–H and O–H groups in total. The third kappa shape index (κ3) is 5.67. The van der Waals surface area contributed by atoms with Gasteiger partial charge in [-0.2, -0.15) is 0 Å². The summed E-state index contributed by atoms with van der Waals surface area (Å²) in [6.45, 7) is 0. The second-order valence-electron chi connectivity index (χ2n) is 3.16. The average molecular weight is 231 g/mol. The van der Waals surface area contributed by atoms with E-state index >= 15 is 0 Å². The molecule has 5 nitrogen and oxygen atoms in total. The van der Waals surface area contributed by atoms with E-state index in [4.69, 9.17) is 15.5 Å². The molecule has 0 saturated heterocycles. The highest BCUT2D eigenvalue weighted by atomic mass is 31.2. The summed E-state index contributed by atoms with van der Waals surface area (Å²) in [6.07, 6.45) is 0.0583. The van der Waals surface area contributed by atoms with Crippen LogP contribution in [0.2, 0.25) is 0 Å². The lowest BCUT2D eigenvalue weighted by Crippen LogP contribution is -2.23. The van der Waals surface area contributed by atoms with Gasteiger partial charge in [0.1, 0.15) is 6.23 Å². The van der Waals surface area contributed by atoms with Crippen LogP contribution in [0.25, 0.3) is 0 Å². The van der Waals surface area contributed by atoms with Crippen molar-refractivity contribution in [3.8, 4) is 0 Å². The zero-order valence-electron chi connectivity index (χ0n) is 8.11. The minimum Gasteiger partial charge on any atom is -0.306 e. The second kappa shape index (κ2) is 5.39. The van der Waals surface area contributed by atoms with E-state index in [1.807, 2.05) is 30.3 Å². The van der Waals surface area contributed by atoms with Gasteiger partial charge in [-0.05, 0) is 18.4 Å². The number of rotatable bonds is 5. The van der Waals surface area contributed by atoms with Gasteiger partial charge in [-0.1, -0.05) is 30.3 Å². The van der Waals surface area contributed by atoms with E-state index < -0.39 is 14.1 Å². The van der Waals surface area contributed by atoms with Crippen LogP contribution in [-0.4, -0.2) is 16.0 Å². The van der Waals surface area contributed by atoms with Gasteiger partial charge in [0, 0.05) is 0 Å². The molecule has 1 aromatic carbocycles. The van der Waals surface area contributed by atoms with Crippen molar-refractivity contribution in [3.63, 3.8) is 0 Å². The molecule has 84 valence electrons. The molecule has 6 heteroatoms. The van der Waals surface area contributed by atoms with Gasteiger partial charge in [0.2, 0.25) is 0 Å². The third-order valence-corrected chi connectivity index (χ3v) is 2.38. The zero-order chi connectivity index (χ0) is 11.3. The summed E-state index contributed by atoms with van der Waals surface area (Å²) in [4.78, 5) is 17.0. The average Bonchev–Trinajstić information content (AvgIpc) is 2.14. The molecule has 1 aromatic rings. The highest BCUT2D eigenvalue weighted by Crippen LogP contribution is 2.37. The maximum atomic E-state index is 10.4. The van der Waals surface area contributed by atoms with Crippen molar-refractivity contribution < 1.29 is 18.9 Å². The molecule has 0 radical (unpaired) electrons. The highest BCUT2D eigenvalue weighted by Gasteiger charge is 2.18. The first-order chi connectivity index (χ1) is 6.97. The van der Waals surface area contributed by atoms with Crippen molar-refractivity contribution in [2.24, 2.45) is 5.73 Å². The predicted molar refractivity (Wildman–Crippen MR) is 55.9 cm³/mol. The summed E-state index contributed by atoms with van der Waals surface area (Å²) in [5.41, 5.74) is 6.45. The molecule has 0 bridgehead atoms. The maximum Gasteiger partial charge on any atom is 0.471 e. The summed E-state index contributed by atoms with van der Waals surface area (Å²) in [5.74, 6) is 0. The van der Waals surface area contributed by atoms with Crippen molar-refractivity contribution >= 4 is 7.82 Å². The van der Waals surface area contributed by atoms with Gasteiger partial charge in [0.15, 0.2) is 0 Å². The molecule has 0 heterocycles. The Hall–Kier alpha value is -0.710. The number of benzene rings is 1. The van der Waals surface area contributed by atoms with E-state index in [-0.39, 0.29) is 0 Å². The number of phosphoric ester groups is 1. The first-order valence-corrected chi connectivity index (χ1v) is 6.04. The molecule has 0 aliphatic rings. The summed E-state index contributed by atoms with van der Waals surface area (Å²) in [5, 5.41) is 0. The summed E-state index contributed by atoms with van der Waals surface area (Å²) < 4.78 is 14.7. The van der Waals surface area contributed by atoms with E-state index in [0.717, 1.165) is 5.56 Å². The van der Waals surface area contributed by atoms with Gasteiger partial charge in [0.05, 0.1) is 0 Å². The quantitative estimate of drug-likeness (QED) is 0.519. The van der Waals surface area contributed by atoms with Crippen molar-refractivity contribution in [2.45, 2.75) is 19.1 Å². The van der Waals surface area contributed by atoms with Gasteiger partial charge in [0.25, 0.3) is 0 Å². The molecule has 0 aromatic heterocycles. The van der Waals surface area contributed by atoms with Crippen molar-refractivity contribution in [3.05, 3.63) is 35.9 Å². The summed E-state index contributed by atoms with van der Waals surface area (Å²) >= 11 is 0. The Morgan fingerprint density at radius 2 is 1.93 bits per heavy atom. The highest BCUT2D eigenvalue weighted by molar-refractivity contribution is 7.46. The predicted octanol–water partition coefficient (Wildman–Crippen LogP) is 1.01. The minimum atomic E-state index is -4.47. The van der Waals surface area contributed by atoms with Gasteiger partial charge in [-0.15, -0.1) is 0 Å². The Bertz CT molecular complexity index is 337. The third-order valence-electron chi connectivity index (χ3n) is 1.83. The number of phosphoric acid groups is 1. The SMILES string of the molecule is NC(CCc1ccccc1)OP(=O)(O)O. The fraction of sp³-hybridized carbons (Fsp3) is 0.333. The molecule has 0 amide bonds. The van der Waals surface area contributed by atoms with Crippen molar-refractivity contribution in [1.29, 1.82) is 0 Å². The smallest absolute Gasteiger partial charge is 0.306 e. The largest absolute Gasteiger partial charge is 0.471 e. The first-order valence-electron chi connectivity index (χ1n) is 4.51.